The second-order valence-corrected chi connectivity index (χ2v) is 11.2. The zero-order valence-electron chi connectivity index (χ0n) is 25.9. The van der Waals surface area contributed by atoms with E-state index in [1.165, 1.54) is 58.0 Å². The maximum atomic E-state index is 12.8. The van der Waals surface area contributed by atoms with Crippen LogP contribution in [0.15, 0.2) is 42.5 Å². The van der Waals surface area contributed by atoms with Gasteiger partial charge in [0.15, 0.2) is 0 Å². The summed E-state index contributed by atoms with van der Waals surface area (Å²) in [6, 6.07) is 12.8. The maximum absolute atomic E-state index is 12.8. The Kier molecular flexibility index (Phi) is 18.3. The molecule has 1 aliphatic carbocycles. The summed E-state index contributed by atoms with van der Waals surface area (Å²) in [5.41, 5.74) is 4.55. The Morgan fingerprint density at radius 1 is 1.08 bits per heavy atom. The minimum atomic E-state index is -1.00. The van der Waals surface area contributed by atoms with Gasteiger partial charge in [-0.1, -0.05) is 75.9 Å². The van der Waals surface area contributed by atoms with Crippen LogP contribution in [-0.4, -0.2) is 48.1 Å². The summed E-state index contributed by atoms with van der Waals surface area (Å²) in [6.07, 6.45) is 13.2. The predicted octanol–water partition coefficient (Wildman–Crippen LogP) is 4.23. The van der Waals surface area contributed by atoms with Crippen LogP contribution >= 0.6 is 11.8 Å². The molecular formula is C32H49LiN2O3S. The van der Waals surface area contributed by atoms with Crippen molar-refractivity contribution in [1.29, 1.82) is 0 Å². The Morgan fingerprint density at radius 3 is 2.41 bits per heavy atom. The quantitative estimate of drug-likeness (QED) is 0.258. The van der Waals surface area contributed by atoms with Gasteiger partial charge in [0.1, 0.15) is 6.04 Å². The standard InChI is InChI=1S/C21H25NO3S.C11H23N.Li.H/c1-4-15-9-10-17(18(13-15)16-8-6-5-7-14(16)2)20(23)22-19(21(24)25)11-12-26-3;1-2-3-9-12-10-11-7-5-4-6-8-11;;/h5-10,13,19H,4,11-12H2,1-3H3,(H,22,23)(H,24,25);11-12H,2-10H2,1H3;;/q;;+1;-1. The normalized spacial score (nSPS) is 13.9. The molecular weight excluding hydrogens is 499 g/mol. The summed E-state index contributed by atoms with van der Waals surface area (Å²) in [6.45, 7) is 8.84. The van der Waals surface area contributed by atoms with Crippen LogP contribution in [0.2, 0.25) is 0 Å². The van der Waals surface area contributed by atoms with Crippen LogP contribution in [0.1, 0.15) is 88.1 Å². The molecule has 0 radical (unpaired) electrons. The Hall–Kier alpha value is -1.71. The third-order valence-electron chi connectivity index (χ3n) is 7.25. The number of amides is 1. The van der Waals surface area contributed by atoms with E-state index in [4.69, 9.17) is 0 Å². The van der Waals surface area contributed by atoms with Gasteiger partial charge in [-0.25, -0.2) is 4.79 Å². The number of hydrogen-bond acceptors (Lipinski definition) is 4. The van der Waals surface area contributed by atoms with E-state index >= 15 is 0 Å². The van der Waals surface area contributed by atoms with Crippen LogP contribution in [0, 0.1) is 12.8 Å². The Balaban J connectivity index is 0.000000919. The van der Waals surface area contributed by atoms with Crippen molar-refractivity contribution in [2.75, 3.05) is 25.1 Å². The van der Waals surface area contributed by atoms with Crippen molar-refractivity contribution < 1.29 is 35.0 Å². The molecule has 0 aliphatic heterocycles. The number of thioether (sulfide) groups is 1. The minimum Gasteiger partial charge on any atom is -1.00 e. The van der Waals surface area contributed by atoms with Gasteiger partial charge in [-0.3, -0.25) is 4.79 Å². The zero-order valence-corrected chi connectivity index (χ0v) is 25.7. The monoisotopic (exact) mass is 548 g/mol. The van der Waals surface area contributed by atoms with Gasteiger partial charge in [0.05, 0.1) is 0 Å². The summed E-state index contributed by atoms with van der Waals surface area (Å²) < 4.78 is 0. The molecule has 3 rings (SSSR count). The van der Waals surface area contributed by atoms with Crippen LogP contribution in [-0.2, 0) is 11.2 Å². The topological polar surface area (TPSA) is 78.4 Å². The van der Waals surface area contributed by atoms with Crippen molar-refractivity contribution in [3.63, 3.8) is 0 Å². The first kappa shape index (κ1) is 35.3. The van der Waals surface area contributed by atoms with Gasteiger partial charge >= 0.3 is 24.8 Å². The molecule has 3 N–H and O–H groups in total. The predicted molar refractivity (Wildman–Crippen MR) is 163 cm³/mol. The third kappa shape index (κ3) is 12.6. The summed E-state index contributed by atoms with van der Waals surface area (Å²) in [5.74, 6) is 0.321. The fraction of sp³-hybridized carbons (Fsp3) is 0.562. The average molecular weight is 549 g/mol. The fourth-order valence-electron chi connectivity index (χ4n) is 4.84. The van der Waals surface area contributed by atoms with E-state index in [0.29, 0.717) is 17.7 Å². The van der Waals surface area contributed by atoms with E-state index in [1.807, 2.05) is 49.6 Å². The first-order valence-electron chi connectivity index (χ1n) is 14.3. The second-order valence-electron chi connectivity index (χ2n) is 10.3. The van der Waals surface area contributed by atoms with Crippen molar-refractivity contribution in [2.45, 2.75) is 84.6 Å². The molecule has 1 amide bonds. The molecule has 212 valence electrons. The molecule has 5 nitrogen and oxygen atoms in total. The van der Waals surface area contributed by atoms with Gasteiger partial charge in [0.25, 0.3) is 5.91 Å². The number of aryl methyl sites for hydroxylation is 2. The number of hydrogen-bond donors (Lipinski definition) is 3. The molecule has 0 spiro atoms. The smallest absolute Gasteiger partial charge is 1.00 e. The van der Waals surface area contributed by atoms with Gasteiger partial charge in [0, 0.05) is 5.56 Å². The van der Waals surface area contributed by atoms with E-state index in [1.54, 1.807) is 17.8 Å². The number of nitrogens with one attached hydrogen (secondary N) is 2. The summed E-state index contributed by atoms with van der Waals surface area (Å²) in [5, 5.41) is 15.6. The molecule has 0 aromatic heterocycles. The average Bonchev–Trinajstić information content (AvgIpc) is 2.94. The SMILES string of the molecule is CCCCNCC1CCCCC1.CCc1ccc(C(=O)NC(CCSC)C(=O)O)c(-c2ccccc2C)c1.[H-].[Li+]. The number of carboxylic acid groups (broad SMARTS) is 1. The molecule has 1 atom stereocenters. The second kappa shape index (κ2) is 20.2. The van der Waals surface area contributed by atoms with Crippen LogP contribution in [0.25, 0.3) is 11.1 Å². The molecule has 2 aromatic rings. The van der Waals surface area contributed by atoms with E-state index in [-0.39, 0.29) is 26.2 Å². The van der Waals surface area contributed by atoms with Crippen molar-refractivity contribution in [1.82, 2.24) is 10.6 Å². The number of unbranched alkanes of at least 4 members (excludes halogenated alkanes) is 1. The molecule has 1 aliphatic rings. The Bertz CT molecular complexity index is 1000. The van der Waals surface area contributed by atoms with E-state index in [0.717, 1.165) is 34.6 Å². The summed E-state index contributed by atoms with van der Waals surface area (Å²) >= 11 is 1.56. The van der Waals surface area contributed by atoms with E-state index < -0.39 is 12.0 Å². The van der Waals surface area contributed by atoms with Crippen molar-refractivity contribution >= 4 is 23.6 Å². The molecule has 0 bridgehead atoms. The Morgan fingerprint density at radius 2 is 1.79 bits per heavy atom. The zero-order chi connectivity index (χ0) is 27.8. The number of carboxylic acids is 1. The van der Waals surface area contributed by atoms with Crippen molar-refractivity contribution in [3.8, 4) is 11.1 Å². The Labute approximate surface area is 254 Å². The fourth-order valence-corrected chi connectivity index (χ4v) is 5.31. The van der Waals surface area contributed by atoms with Gasteiger partial charge in [-0.15, -0.1) is 0 Å². The van der Waals surface area contributed by atoms with Crippen LogP contribution in [0.3, 0.4) is 0 Å². The van der Waals surface area contributed by atoms with Crippen LogP contribution in [0.4, 0.5) is 0 Å². The minimum absolute atomic E-state index is 0. The molecule has 1 unspecified atom stereocenters. The molecule has 0 saturated heterocycles. The number of carbonyl (C=O) groups is 2. The van der Waals surface area contributed by atoms with Crippen molar-refractivity contribution in [3.05, 3.63) is 59.2 Å². The van der Waals surface area contributed by atoms with Gasteiger partial charge in [-0.05, 0) is 98.4 Å². The summed E-state index contributed by atoms with van der Waals surface area (Å²) in [7, 11) is 0. The van der Waals surface area contributed by atoms with Crippen molar-refractivity contribution in [2.24, 2.45) is 5.92 Å². The van der Waals surface area contributed by atoms with Gasteiger partial charge < -0.3 is 17.2 Å². The van der Waals surface area contributed by atoms with Gasteiger partial charge in [-0.2, -0.15) is 11.8 Å². The number of benzene rings is 2. The molecule has 39 heavy (non-hydrogen) atoms. The number of aliphatic carboxylic acids is 1. The molecule has 1 saturated carbocycles. The third-order valence-corrected chi connectivity index (χ3v) is 7.89. The number of carbonyl (C=O) groups excluding carboxylic acids is 1. The van der Waals surface area contributed by atoms with Crippen LogP contribution < -0.4 is 29.5 Å². The van der Waals surface area contributed by atoms with E-state index in [9.17, 15) is 14.7 Å². The maximum Gasteiger partial charge on any atom is 1.00 e. The molecule has 0 heterocycles. The first-order valence-corrected chi connectivity index (χ1v) is 15.7. The van der Waals surface area contributed by atoms with E-state index in [2.05, 4.69) is 24.5 Å². The first-order chi connectivity index (χ1) is 18.4. The molecule has 2 aromatic carbocycles. The number of rotatable bonds is 13. The van der Waals surface area contributed by atoms with Gasteiger partial charge in [0.2, 0.25) is 0 Å². The summed E-state index contributed by atoms with van der Waals surface area (Å²) in [4.78, 5) is 24.3. The molecule has 1 fully saturated rings. The van der Waals surface area contributed by atoms with Crippen LogP contribution in [0.5, 0.6) is 0 Å². The molecule has 7 heteroatoms. The largest absolute Gasteiger partial charge is 1.00 e.